The van der Waals surface area contributed by atoms with Crippen LogP contribution in [-0.2, 0) is 19.1 Å². The molecule has 3 N–H and O–H groups in total. The lowest BCUT2D eigenvalue weighted by Gasteiger charge is -2.39. The Morgan fingerprint density at radius 2 is 2.09 bits per heavy atom. The van der Waals surface area contributed by atoms with Gasteiger partial charge < -0.3 is 30.0 Å². The molecule has 9 heteroatoms. The monoisotopic (exact) mass is 450 g/mol. The summed E-state index contributed by atoms with van der Waals surface area (Å²) in [5, 5.41) is 15.3. The highest BCUT2D eigenvalue weighted by molar-refractivity contribution is 5.79. The highest BCUT2D eigenvalue weighted by Gasteiger charge is 2.46. The van der Waals surface area contributed by atoms with E-state index in [1.54, 1.807) is 12.1 Å². The van der Waals surface area contributed by atoms with E-state index in [0.717, 1.165) is 38.6 Å². The van der Waals surface area contributed by atoms with Crippen molar-refractivity contribution in [2.75, 3.05) is 33.0 Å². The third kappa shape index (κ3) is 5.22. The largest absolute Gasteiger partial charge is 0.493 e. The van der Waals surface area contributed by atoms with Gasteiger partial charge in [0.25, 0.3) is 0 Å². The van der Waals surface area contributed by atoms with E-state index in [2.05, 4.69) is 10.6 Å². The van der Waals surface area contributed by atoms with Crippen LogP contribution in [0.2, 0.25) is 0 Å². The highest BCUT2D eigenvalue weighted by atomic mass is 19.1. The van der Waals surface area contributed by atoms with Crippen LogP contribution in [0.4, 0.5) is 4.39 Å². The average molecular weight is 451 g/mol. The van der Waals surface area contributed by atoms with Crippen LogP contribution in [0.25, 0.3) is 0 Å². The number of nitrogens with one attached hydrogen (secondary N) is 2. The maximum Gasteiger partial charge on any atom is 0.306 e. The number of carbonyl (C=O) groups excluding carboxylic acids is 1. The summed E-state index contributed by atoms with van der Waals surface area (Å²) in [5.41, 5.74) is 0.136. The molecule has 2 atom stereocenters. The lowest BCUT2D eigenvalue weighted by atomic mass is 9.82. The van der Waals surface area contributed by atoms with E-state index in [1.807, 2.05) is 0 Å². The normalized spacial score (nSPS) is 30.3. The Hall–Kier alpha value is -2.23. The van der Waals surface area contributed by atoms with Gasteiger partial charge in [-0.2, -0.15) is 0 Å². The summed E-state index contributed by atoms with van der Waals surface area (Å²) < 4.78 is 31.9. The average Bonchev–Trinajstić information content (AvgIpc) is 3.13. The molecule has 3 aliphatic rings. The smallest absolute Gasteiger partial charge is 0.306 e. The van der Waals surface area contributed by atoms with E-state index >= 15 is 0 Å². The van der Waals surface area contributed by atoms with Gasteiger partial charge in [0.1, 0.15) is 18.2 Å². The minimum Gasteiger partial charge on any atom is -0.493 e. The van der Waals surface area contributed by atoms with Crippen molar-refractivity contribution in [2.24, 2.45) is 0 Å². The van der Waals surface area contributed by atoms with Gasteiger partial charge in [0.2, 0.25) is 5.91 Å². The van der Waals surface area contributed by atoms with Gasteiger partial charge in [-0.15, -0.1) is 0 Å². The van der Waals surface area contributed by atoms with Crippen molar-refractivity contribution >= 4 is 11.9 Å². The Bertz CT molecular complexity index is 829. The molecule has 0 radical (unpaired) electrons. The molecule has 0 aromatic heterocycles. The van der Waals surface area contributed by atoms with Crippen molar-refractivity contribution in [3.8, 4) is 5.75 Å². The quantitative estimate of drug-likeness (QED) is 0.556. The number of benzene rings is 1. The molecule has 1 spiro atoms. The van der Waals surface area contributed by atoms with E-state index in [9.17, 15) is 14.0 Å². The fraction of sp³-hybridized carbons (Fsp3) is 0.652. The van der Waals surface area contributed by atoms with Crippen LogP contribution in [0.15, 0.2) is 18.2 Å². The van der Waals surface area contributed by atoms with Crippen LogP contribution in [0.5, 0.6) is 5.75 Å². The van der Waals surface area contributed by atoms with Gasteiger partial charge >= 0.3 is 5.97 Å². The van der Waals surface area contributed by atoms with Crippen molar-refractivity contribution in [1.29, 1.82) is 0 Å². The van der Waals surface area contributed by atoms with Crippen LogP contribution in [0.3, 0.4) is 0 Å². The molecule has 176 valence electrons. The number of ether oxygens (including phenoxy) is 3. The summed E-state index contributed by atoms with van der Waals surface area (Å²) in [6, 6.07) is 4.72. The van der Waals surface area contributed by atoms with E-state index in [1.165, 1.54) is 6.07 Å². The Kier molecular flexibility index (Phi) is 7.27. The maximum absolute atomic E-state index is 14.6. The van der Waals surface area contributed by atoms with Crippen molar-refractivity contribution in [3.05, 3.63) is 29.6 Å². The molecular formula is C23H31FN2O6. The lowest BCUT2D eigenvalue weighted by Crippen LogP contribution is -2.64. The first-order chi connectivity index (χ1) is 15.5. The number of rotatable bonds is 8. The second-order valence-electron chi connectivity index (χ2n) is 8.90. The maximum atomic E-state index is 14.6. The first kappa shape index (κ1) is 22.9. The molecule has 1 amide bonds. The minimum atomic E-state index is -0.946. The van der Waals surface area contributed by atoms with E-state index < -0.39 is 11.5 Å². The van der Waals surface area contributed by atoms with Gasteiger partial charge in [0.15, 0.2) is 0 Å². The standard InChI is InChI=1S/C23H31FN2O6/c24-17-2-1-3-18(31-11-8-21(28)29)22(17)15-4-6-16(7-5-15)32-12-19-23(9-10-25-19)14-30-13-20(27)26-23/h1-3,15-16,19,25H,4-14H2,(H,26,27)(H,28,29). The number of morpholine rings is 1. The van der Waals surface area contributed by atoms with Crippen molar-refractivity contribution in [3.63, 3.8) is 0 Å². The summed E-state index contributed by atoms with van der Waals surface area (Å²) >= 11 is 0. The summed E-state index contributed by atoms with van der Waals surface area (Å²) in [6.45, 7) is 1.91. The summed E-state index contributed by atoms with van der Waals surface area (Å²) in [7, 11) is 0. The Morgan fingerprint density at radius 1 is 1.28 bits per heavy atom. The Labute approximate surface area is 186 Å². The molecule has 2 unspecified atom stereocenters. The molecule has 4 rings (SSSR count). The molecule has 3 fully saturated rings. The molecule has 8 nitrogen and oxygen atoms in total. The van der Waals surface area contributed by atoms with Gasteiger partial charge in [-0.25, -0.2) is 4.39 Å². The summed E-state index contributed by atoms with van der Waals surface area (Å²) in [6.07, 6.45) is 3.91. The first-order valence-electron chi connectivity index (χ1n) is 11.3. The number of carbonyl (C=O) groups is 2. The molecule has 2 heterocycles. The van der Waals surface area contributed by atoms with Crippen molar-refractivity contribution in [2.45, 2.75) is 62.1 Å². The zero-order valence-electron chi connectivity index (χ0n) is 18.1. The zero-order valence-corrected chi connectivity index (χ0v) is 18.1. The zero-order chi connectivity index (χ0) is 22.6. The molecule has 2 saturated heterocycles. The Balaban J connectivity index is 1.30. The predicted octanol–water partition coefficient (Wildman–Crippen LogP) is 1.97. The lowest BCUT2D eigenvalue weighted by molar-refractivity contribution is -0.138. The number of carboxylic acid groups (broad SMARTS) is 1. The second-order valence-corrected chi connectivity index (χ2v) is 8.90. The van der Waals surface area contributed by atoms with E-state index in [4.69, 9.17) is 19.3 Å². The summed E-state index contributed by atoms with van der Waals surface area (Å²) in [5.74, 6) is -0.902. The second kappa shape index (κ2) is 10.1. The van der Waals surface area contributed by atoms with Gasteiger partial charge in [-0.1, -0.05) is 6.07 Å². The minimum absolute atomic E-state index is 0.00489. The number of amides is 1. The highest BCUT2D eigenvalue weighted by Crippen LogP contribution is 2.40. The van der Waals surface area contributed by atoms with Crippen LogP contribution in [0.1, 0.15) is 50.0 Å². The van der Waals surface area contributed by atoms with Crippen LogP contribution < -0.4 is 15.4 Å². The number of hydrogen-bond donors (Lipinski definition) is 3. The molecule has 1 saturated carbocycles. The van der Waals surface area contributed by atoms with Crippen LogP contribution >= 0.6 is 0 Å². The molecule has 1 aromatic rings. The van der Waals surface area contributed by atoms with Crippen molar-refractivity contribution < 1.29 is 33.3 Å². The SMILES string of the molecule is O=C(O)CCOc1cccc(F)c1C1CCC(OCC2NCCC23COCC(=O)N3)CC1. The van der Waals surface area contributed by atoms with Gasteiger partial charge in [0.05, 0.1) is 43.9 Å². The van der Waals surface area contributed by atoms with Crippen LogP contribution in [0, 0.1) is 5.82 Å². The Morgan fingerprint density at radius 3 is 2.84 bits per heavy atom. The molecule has 0 bridgehead atoms. The molecule has 2 aliphatic heterocycles. The van der Waals surface area contributed by atoms with Gasteiger partial charge in [0, 0.05) is 5.56 Å². The van der Waals surface area contributed by atoms with Gasteiger partial charge in [-0.3, -0.25) is 9.59 Å². The number of halogens is 1. The number of carboxylic acids is 1. The van der Waals surface area contributed by atoms with Crippen LogP contribution in [-0.4, -0.2) is 67.6 Å². The fourth-order valence-corrected chi connectivity index (χ4v) is 5.09. The first-order valence-corrected chi connectivity index (χ1v) is 11.3. The number of aliphatic carboxylic acids is 1. The third-order valence-corrected chi connectivity index (χ3v) is 6.78. The third-order valence-electron chi connectivity index (χ3n) is 6.78. The molecule has 32 heavy (non-hydrogen) atoms. The molecular weight excluding hydrogens is 419 g/mol. The van der Waals surface area contributed by atoms with E-state index in [0.29, 0.717) is 24.5 Å². The molecule has 1 aliphatic carbocycles. The molecule has 1 aromatic carbocycles. The topological polar surface area (TPSA) is 106 Å². The summed E-state index contributed by atoms with van der Waals surface area (Å²) in [4.78, 5) is 22.6. The van der Waals surface area contributed by atoms with Gasteiger partial charge in [-0.05, 0) is 56.7 Å². The van der Waals surface area contributed by atoms with Crippen molar-refractivity contribution in [1.82, 2.24) is 10.6 Å². The number of hydrogen-bond acceptors (Lipinski definition) is 6. The van der Waals surface area contributed by atoms with E-state index in [-0.39, 0.29) is 49.4 Å². The predicted molar refractivity (Wildman–Crippen MR) is 113 cm³/mol. The fourth-order valence-electron chi connectivity index (χ4n) is 5.09.